The van der Waals surface area contributed by atoms with E-state index in [1.165, 1.54) is 51.4 Å². The molecule has 0 aromatic heterocycles. The van der Waals surface area contributed by atoms with Gasteiger partial charge in [0.05, 0.1) is 13.2 Å². The Bertz CT molecular complexity index is 1060. The normalized spacial score (nSPS) is 14.4. The van der Waals surface area contributed by atoms with Crippen molar-refractivity contribution in [2.45, 2.75) is 161 Å². The van der Waals surface area contributed by atoms with Crippen molar-refractivity contribution >= 4 is 25.7 Å². The maximum Gasteiger partial charge on any atom is 0.472 e. The third-order valence-corrected chi connectivity index (χ3v) is 8.78. The van der Waals surface area contributed by atoms with Gasteiger partial charge in [-0.1, -0.05) is 127 Å². The van der Waals surface area contributed by atoms with Crippen molar-refractivity contribution < 1.29 is 47.5 Å². The number of carbonyl (C=O) groups is 3. The van der Waals surface area contributed by atoms with Crippen LogP contribution in [0.1, 0.15) is 149 Å². The van der Waals surface area contributed by atoms with E-state index in [-0.39, 0.29) is 19.4 Å². The fraction of sp³-hybridized carbons (Fsp3) is 0.718. The molecule has 0 aliphatic carbocycles. The highest BCUT2D eigenvalue weighted by molar-refractivity contribution is 7.47. The van der Waals surface area contributed by atoms with Crippen LogP contribution in [-0.2, 0) is 37.5 Å². The molecular formula is C39H68NO10P. The standard InChI is InChI=1S/C39H68NO10P/c1-3-5-7-9-11-13-14-15-16-17-18-19-20-21-22-23-25-26-28-30-37(41)47-32-35(33-48-51(45,46)49-34-36(40)39(43)44)50-38(42)31-29-27-24-12-10-8-6-4-2/h11,13,15-16,18-19,21-22,35-36H,3-10,12,14,17,20,23-34,40H2,1-2H3,(H,43,44)(H,45,46)/b13-11+,16-15+,19-18+,22-21+/t35-,36+/m0/s1. The number of hydrogen-bond donors (Lipinski definition) is 3. The lowest BCUT2D eigenvalue weighted by Crippen LogP contribution is -2.34. The molecule has 0 saturated heterocycles. The molecule has 0 fully saturated rings. The van der Waals surface area contributed by atoms with Gasteiger partial charge in [-0.15, -0.1) is 0 Å². The highest BCUT2D eigenvalue weighted by Gasteiger charge is 2.28. The van der Waals surface area contributed by atoms with Crippen molar-refractivity contribution in [3.8, 4) is 0 Å². The lowest BCUT2D eigenvalue weighted by atomic mass is 10.1. The molecule has 0 aromatic rings. The second-order valence-electron chi connectivity index (χ2n) is 12.7. The SMILES string of the molecule is CCCCC/C=C/C/C=C/C/C=C/C/C=C/CCCCCC(=O)OC[C@@H](COP(=O)(O)OC[C@@H](N)C(=O)O)OC(=O)CCCCCCCCCC. The monoisotopic (exact) mass is 741 g/mol. The smallest absolute Gasteiger partial charge is 0.472 e. The summed E-state index contributed by atoms with van der Waals surface area (Å²) in [5, 5.41) is 8.84. The molecule has 51 heavy (non-hydrogen) atoms. The number of unbranched alkanes of at least 4 members (excludes halogenated alkanes) is 13. The molecular weight excluding hydrogens is 673 g/mol. The van der Waals surface area contributed by atoms with Gasteiger partial charge in [-0.3, -0.25) is 23.4 Å². The van der Waals surface area contributed by atoms with Crippen molar-refractivity contribution in [2.24, 2.45) is 5.73 Å². The van der Waals surface area contributed by atoms with Gasteiger partial charge in [0.2, 0.25) is 0 Å². The summed E-state index contributed by atoms with van der Waals surface area (Å²) in [5.74, 6) is -2.43. The van der Waals surface area contributed by atoms with Crippen LogP contribution >= 0.6 is 7.82 Å². The van der Waals surface area contributed by atoms with Crippen molar-refractivity contribution in [3.05, 3.63) is 48.6 Å². The van der Waals surface area contributed by atoms with Crippen LogP contribution in [0.15, 0.2) is 48.6 Å². The van der Waals surface area contributed by atoms with Gasteiger partial charge in [-0.05, 0) is 57.8 Å². The third-order valence-electron chi connectivity index (χ3n) is 7.83. The van der Waals surface area contributed by atoms with Gasteiger partial charge in [0.25, 0.3) is 0 Å². The molecule has 0 saturated carbocycles. The molecule has 294 valence electrons. The fourth-order valence-corrected chi connectivity index (χ4v) is 5.53. The number of hydrogen-bond acceptors (Lipinski definition) is 9. The Labute approximate surface area is 307 Å². The van der Waals surface area contributed by atoms with Gasteiger partial charge in [-0.25, -0.2) is 4.57 Å². The summed E-state index contributed by atoms with van der Waals surface area (Å²) in [4.78, 5) is 45.6. The quantitative estimate of drug-likeness (QED) is 0.0244. The summed E-state index contributed by atoms with van der Waals surface area (Å²) in [6, 6.07) is -1.52. The van der Waals surface area contributed by atoms with E-state index in [1.54, 1.807) is 0 Å². The average Bonchev–Trinajstić information content (AvgIpc) is 3.10. The van der Waals surface area contributed by atoms with E-state index in [0.29, 0.717) is 12.8 Å². The highest BCUT2D eigenvalue weighted by atomic mass is 31.2. The number of carbonyl (C=O) groups excluding carboxylic acids is 2. The van der Waals surface area contributed by atoms with Crippen LogP contribution in [0.25, 0.3) is 0 Å². The summed E-state index contributed by atoms with van der Waals surface area (Å²) in [6.45, 7) is 2.67. The second kappa shape index (κ2) is 34.5. The maximum absolute atomic E-state index is 12.5. The van der Waals surface area contributed by atoms with E-state index in [4.69, 9.17) is 24.8 Å². The van der Waals surface area contributed by atoms with Gasteiger partial charge in [0.1, 0.15) is 12.6 Å². The van der Waals surface area contributed by atoms with Gasteiger partial charge >= 0.3 is 25.7 Å². The Morgan fingerprint density at radius 3 is 1.59 bits per heavy atom. The fourth-order valence-electron chi connectivity index (χ4n) is 4.75. The van der Waals surface area contributed by atoms with E-state index < -0.39 is 51.1 Å². The number of carboxylic acids is 1. The molecule has 4 N–H and O–H groups in total. The first-order chi connectivity index (χ1) is 24.6. The van der Waals surface area contributed by atoms with Gasteiger partial charge < -0.3 is 25.2 Å². The number of rotatable bonds is 35. The Hall–Kier alpha value is -2.56. The summed E-state index contributed by atoms with van der Waals surface area (Å²) < 4.78 is 32.4. The van der Waals surface area contributed by atoms with Crippen LogP contribution < -0.4 is 5.73 Å². The van der Waals surface area contributed by atoms with Crippen molar-refractivity contribution in [2.75, 3.05) is 19.8 Å². The maximum atomic E-state index is 12.5. The topological polar surface area (TPSA) is 172 Å². The number of aliphatic carboxylic acids is 1. The molecule has 1 unspecified atom stereocenters. The zero-order valence-electron chi connectivity index (χ0n) is 31.4. The van der Waals surface area contributed by atoms with Gasteiger partial charge in [-0.2, -0.15) is 0 Å². The molecule has 0 radical (unpaired) electrons. The van der Waals surface area contributed by atoms with E-state index in [0.717, 1.165) is 57.8 Å². The van der Waals surface area contributed by atoms with Gasteiger partial charge in [0.15, 0.2) is 6.10 Å². The molecule has 11 nitrogen and oxygen atoms in total. The number of esters is 2. The van der Waals surface area contributed by atoms with E-state index in [1.807, 2.05) is 0 Å². The summed E-state index contributed by atoms with van der Waals surface area (Å²) in [5.41, 5.74) is 5.30. The summed E-state index contributed by atoms with van der Waals surface area (Å²) in [7, 11) is -4.71. The minimum atomic E-state index is -4.71. The van der Waals surface area contributed by atoms with Crippen LogP contribution in [0.2, 0.25) is 0 Å². The van der Waals surface area contributed by atoms with Crippen LogP contribution in [0.3, 0.4) is 0 Å². The van der Waals surface area contributed by atoms with Crippen LogP contribution in [0.4, 0.5) is 0 Å². The molecule has 0 heterocycles. The molecule has 0 amide bonds. The third kappa shape index (κ3) is 34.3. The first-order valence-electron chi connectivity index (χ1n) is 19.2. The molecule has 0 aliphatic heterocycles. The van der Waals surface area contributed by atoms with Gasteiger partial charge in [0, 0.05) is 12.8 Å². The number of carboxylic acid groups (broad SMARTS) is 1. The van der Waals surface area contributed by atoms with Crippen molar-refractivity contribution in [1.29, 1.82) is 0 Å². The van der Waals surface area contributed by atoms with Crippen LogP contribution in [0, 0.1) is 0 Å². The molecule has 3 atom stereocenters. The predicted molar refractivity (Wildman–Crippen MR) is 203 cm³/mol. The average molecular weight is 742 g/mol. The molecule has 0 aromatic carbocycles. The molecule has 0 spiro atoms. The lowest BCUT2D eigenvalue weighted by molar-refractivity contribution is -0.161. The van der Waals surface area contributed by atoms with Crippen LogP contribution in [0.5, 0.6) is 0 Å². The Morgan fingerprint density at radius 1 is 0.608 bits per heavy atom. The second-order valence-corrected chi connectivity index (χ2v) is 14.2. The zero-order valence-corrected chi connectivity index (χ0v) is 32.3. The minimum absolute atomic E-state index is 0.152. The Morgan fingerprint density at radius 2 is 1.04 bits per heavy atom. The Kier molecular flexibility index (Phi) is 32.8. The van der Waals surface area contributed by atoms with Crippen LogP contribution in [-0.4, -0.2) is 59.9 Å². The van der Waals surface area contributed by atoms with E-state index in [2.05, 4.69) is 67.0 Å². The minimum Gasteiger partial charge on any atom is -0.480 e. The first-order valence-corrected chi connectivity index (χ1v) is 20.7. The number of phosphoric ester groups is 1. The zero-order chi connectivity index (χ0) is 37.8. The molecule has 12 heteroatoms. The Balaban J connectivity index is 4.41. The highest BCUT2D eigenvalue weighted by Crippen LogP contribution is 2.43. The van der Waals surface area contributed by atoms with Crippen molar-refractivity contribution in [3.63, 3.8) is 0 Å². The largest absolute Gasteiger partial charge is 0.480 e. The van der Waals surface area contributed by atoms with E-state index >= 15 is 0 Å². The molecule has 0 bridgehead atoms. The number of ether oxygens (including phenoxy) is 2. The summed E-state index contributed by atoms with van der Waals surface area (Å²) >= 11 is 0. The predicted octanol–water partition coefficient (Wildman–Crippen LogP) is 9.44. The van der Waals surface area contributed by atoms with E-state index in [9.17, 15) is 23.8 Å². The molecule has 0 rings (SSSR count). The number of allylic oxidation sites excluding steroid dienone is 8. The number of phosphoric acid groups is 1. The molecule has 0 aliphatic rings. The number of nitrogens with two attached hydrogens (primary N) is 1. The lowest BCUT2D eigenvalue weighted by Gasteiger charge is -2.20. The first kappa shape index (κ1) is 48.4. The summed E-state index contributed by atoms with van der Waals surface area (Å²) in [6.07, 6.45) is 36.3. The van der Waals surface area contributed by atoms with Crippen molar-refractivity contribution in [1.82, 2.24) is 0 Å².